The largest absolute Gasteiger partial charge is 0.497 e. The molecule has 0 radical (unpaired) electrons. The highest BCUT2D eigenvalue weighted by atomic mass is 16.5. The first-order valence-corrected chi connectivity index (χ1v) is 7.06. The standard InChI is InChI=1S/C18H20O3/c1-20-17-11-9-15(10-12-17)14-21-18(8-5-13-19)16-6-3-2-4-7-16/h2-4,6-7,9-13,18H,5,8,14H2,1H3/t18-/m0/s1. The van der Waals surface area contributed by atoms with Crippen molar-refractivity contribution in [3.05, 3.63) is 65.7 Å². The Bertz CT molecular complexity index is 534. The van der Waals surface area contributed by atoms with Crippen molar-refractivity contribution in [3.63, 3.8) is 0 Å². The highest BCUT2D eigenvalue weighted by Gasteiger charge is 2.11. The molecule has 3 nitrogen and oxygen atoms in total. The van der Waals surface area contributed by atoms with Gasteiger partial charge in [0.15, 0.2) is 0 Å². The molecule has 0 bridgehead atoms. The lowest BCUT2D eigenvalue weighted by atomic mass is 10.1. The van der Waals surface area contributed by atoms with Gasteiger partial charge in [0.05, 0.1) is 19.8 Å². The van der Waals surface area contributed by atoms with Crippen molar-refractivity contribution >= 4 is 6.29 Å². The SMILES string of the molecule is COc1ccc(CO[C@@H](CCC=O)c2ccccc2)cc1. The van der Waals surface area contributed by atoms with Gasteiger partial charge in [-0.25, -0.2) is 0 Å². The Kier molecular flexibility index (Phi) is 5.98. The molecule has 1 atom stereocenters. The van der Waals surface area contributed by atoms with Gasteiger partial charge in [-0.3, -0.25) is 0 Å². The van der Waals surface area contributed by atoms with Gasteiger partial charge in [-0.1, -0.05) is 42.5 Å². The topological polar surface area (TPSA) is 35.5 Å². The number of hydrogen-bond acceptors (Lipinski definition) is 3. The maximum absolute atomic E-state index is 10.6. The molecule has 110 valence electrons. The Morgan fingerprint density at radius 1 is 1.05 bits per heavy atom. The molecule has 21 heavy (non-hydrogen) atoms. The minimum absolute atomic E-state index is 0.0569. The van der Waals surface area contributed by atoms with Crippen molar-refractivity contribution < 1.29 is 14.3 Å². The van der Waals surface area contributed by atoms with E-state index in [1.54, 1.807) is 7.11 Å². The number of benzene rings is 2. The van der Waals surface area contributed by atoms with E-state index in [2.05, 4.69) is 0 Å². The second kappa shape index (κ2) is 8.22. The average Bonchev–Trinajstić information content (AvgIpc) is 2.56. The normalized spacial score (nSPS) is 11.9. The summed E-state index contributed by atoms with van der Waals surface area (Å²) in [7, 11) is 1.65. The zero-order chi connectivity index (χ0) is 14.9. The van der Waals surface area contributed by atoms with Crippen LogP contribution in [0, 0.1) is 0 Å². The number of carbonyl (C=O) groups excluding carboxylic acids is 1. The van der Waals surface area contributed by atoms with Gasteiger partial charge >= 0.3 is 0 Å². The predicted molar refractivity (Wildman–Crippen MR) is 82.3 cm³/mol. The molecule has 2 rings (SSSR count). The van der Waals surface area contributed by atoms with Crippen LogP contribution in [0.4, 0.5) is 0 Å². The molecule has 0 aromatic heterocycles. The van der Waals surface area contributed by atoms with E-state index in [9.17, 15) is 4.79 Å². The summed E-state index contributed by atoms with van der Waals surface area (Å²) in [6, 6.07) is 17.8. The molecule has 0 fully saturated rings. The summed E-state index contributed by atoms with van der Waals surface area (Å²) in [6.45, 7) is 0.516. The number of rotatable bonds is 8. The maximum atomic E-state index is 10.6. The van der Waals surface area contributed by atoms with E-state index < -0.39 is 0 Å². The molecule has 0 aliphatic heterocycles. The molecule has 0 aliphatic carbocycles. The van der Waals surface area contributed by atoms with Crippen LogP contribution in [0.25, 0.3) is 0 Å². The van der Waals surface area contributed by atoms with Crippen molar-refractivity contribution in [2.75, 3.05) is 7.11 Å². The molecule has 2 aromatic rings. The molecule has 0 aliphatic rings. The fourth-order valence-corrected chi connectivity index (χ4v) is 2.15. The Morgan fingerprint density at radius 3 is 2.38 bits per heavy atom. The Labute approximate surface area is 125 Å². The molecule has 0 heterocycles. The van der Waals surface area contributed by atoms with Crippen molar-refractivity contribution in [3.8, 4) is 5.75 Å². The summed E-state index contributed by atoms with van der Waals surface area (Å²) in [5, 5.41) is 0. The lowest BCUT2D eigenvalue weighted by Gasteiger charge is -2.17. The van der Waals surface area contributed by atoms with Crippen LogP contribution in [0.15, 0.2) is 54.6 Å². The lowest BCUT2D eigenvalue weighted by molar-refractivity contribution is -0.108. The van der Waals surface area contributed by atoms with E-state index in [-0.39, 0.29) is 6.10 Å². The Balaban J connectivity index is 1.99. The smallest absolute Gasteiger partial charge is 0.120 e. The molecule has 2 aromatic carbocycles. The third-order valence-electron chi connectivity index (χ3n) is 3.33. The fourth-order valence-electron chi connectivity index (χ4n) is 2.15. The summed E-state index contributed by atoms with van der Waals surface area (Å²) >= 11 is 0. The summed E-state index contributed by atoms with van der Waals surface area (Å²) in [6.07, 6.45) is 2.08. The van der Waals surface area contributed by atoms with Crippen LogP contribution < -0.4 is 4.74 Å². The van der Waals surface area contributed by atoms with Crippen LogP contribution in [0.5, 0.6) is 5.75 Å². The number of carbonyl (C=O) groups is 1. The van der Waals surface area contributed by atoms with Crippen LogP contribution in [-0.2, 0) is 16.1 Å². The first kappa shape index (κ1) is 15.3. The van der Waals surface area contributed by atoms with Crippen LogP contribution in [0.1, 0.15) is 30.1 Å². The van der Waals surface area contributed by atoms with Gasteiger partial charge in [-0.05, 0) is 29.7 Å². The summed E-state index contributed by atoms with van der Waals surface area (Å²) in [4.78, 5) is 10.6. The predicted octanol–water partition coefficient (Wildman–Crippen LogP) is 3.93. The van der Waals surface area contributed by atoms with Crippen LogP contribution in [0.2, 0.25) is 0 Å². The second-order valence-electron chi connectivity index (χ2n) is 4.80. The van der Waals surface area contributed by atoms with E-state index in [0.29, 0.717) is 19.4 Å². The molecule has 0 unspecified atom stereocenters. The zero-order valence-corrected chi connectivity index (χ0v) is 12.2. The van der Waals surface area contributed by atoms with Crippen molar-refractivity contribution in [2.45, 2.75) is 25.6 Å². The van der Waals surface area contributed by atoms with Gasteiger partial charge < -0.3 is 14.3 Å². The Morgan fingerprint density at radius 2 is 1.76 bits per heavy atom. The molecular weight excluding hydrogens is 264 g/mol. The summed E-state index contributed by atoms with van der Waals surface area (Å²) in [5.74, 6) is 0.833. The third-order valence-corrected chi connectivity index (χ3v) is 3.33. The first-order chi connectivity index (χ1) is 10.3. The summed E-state index contributed by atoms with van der Waals surface area (Å²) in [5.41, 5.74) is 2.19. The van der Waals surface area contributed by atoms with E-state index >= 15 is 0 Å². The number of methoxy groups -OCH3 is 1. The van der Waals surface area contributed by atoms with E-state index in [1.165, 1.54) is 0 Å². The molecule has 0 N–H and O–H groups in total. The second-order valence-corrected chi connectivity index (χ2v) is 4.80. The van der Waals surface area contributed by atoms with Gasteiger partial charge in [0.25, 0.3) is 0 Å². The summed E-state index contributed by atoms with van der Waals surface area (Å²) < 4.78 is 11.1. The molecule has 0 saturated heterocycles. The van der Waals surface area contributed by atoms with Crippen molar-refractivity contribution in [1.29, 1.82) is 0 Å². The number of hydrogen-bond donors (Lipinski definition) is 0. The van der Waals surface area contributed by atoms with E-state index in [0.717, 1.165) is 23.2 Å². The van der Waals surface area contributed by atoms with Gasteiger partial charge in [0.2, 0.25) is 0 Å². The first-order valence-electron chi connectivity index (χ1n) is 7.06. The number of aldehydes is 1. The van der Waals surface area contributed by atoms with E-state index in [4.69, 9.17) is 9.47 Å². The van der Waals surface area contributed by atoms with Gasteiger partial charge in [0, 0.05) is 6.42 Å². The minimum atomic E-state index is -0.0569. The van der Waals surface area contributed by atoms with Gasteiger partial charge in [0.1, 0.15) is 12.0 Å². The average molecular weight is 284 g/mol. The van der Waals surface area contributed by atoms with Gasteiger partial charge in [-0.2, -0.15) is 0 Å². The monoisotopic (exact) mass is 284 g/mol. The quantitative estimate of drug-likeness (QED) is 0.689. The maximum Gasteiger partial charge on any atom is 0.120 e. The molecule has 0 amide bonds. The minimum Gasteiger partial charge on any atom is -0.497 e. The Hall–Kier alpha value is -2.13. The number of ether oxygens (including phenoxy) is 2. The third kappa shape index (κ3) is 4.72. The van der Waals surface area contributed by atoms with Crippen LogP contribution >= 0.6 is 0 Å². The zero-order valence-electron chi connectivity index (χ0n) is 12.2. The van der Waals surface area contributed by atoms with Crippen molar-refractivity contribution in [1.82, 2.24) is 0 Å². The lowest BCUT2D eigenvalue weighted by Crippen LogP contribution is -2.05. The highest BCUT2D eigenvalue weighted by molar-refractivity contribution is 5.49. The van der Waals surface area contributed by atoms with E-state index in [1.807, 2.05) is 54.6 Å². The molecule has 3 heteroatoms. The van der Waals surface area contributed by atoms with Crippen LogP contribution in [-0.4, -0.2) is 13.4 Å². The van der Waals surface area contributed by atoms with Crippen LogP contribution in [0.3, 0.4) is 0 Å². The highest BCUT2D eigenvalue weighted by Crippen LogP contribution is 2.24. The fraction of sp³-hybridized carbons (Fsp3) is 0.278. The van der Waals surface area contributed by atoms with Gasteiger partial charge in [-0.15, -0.1) is 0 Å². The molecular formula is C18H20O3. The molecule has 0 saturated carbocycles. The molecule has 0 spiro atoms. The van der Waals surface area contributed by atoms with Crippen molar-refractivity contribution in [2.24, 2.45) is 0 Å².